The lowest BCUT2D eigenvalue weighted by atomic mass is 9.95. The summed E-state index contributed by atoms with van der Waals surface area (Å²) in [5.74, 6) is -1.80. The molecule has 0 radical (unpaired) electrons. The molecule has 2 N–H and O–H groups in total. The van der Waals surface area contributed by atoms with Gasteiger partial charge in [0.2, 0.25) is 0 Å². The second-order valence-electron chi connectivity index (χ2n) is 5.07. The fourth-order valence-electron chi connectivity index (χ4n) is 2.49. The van der Waals surface area contributed by atoms with Crippen molar-refractivity contribution in [3.8, 4) is 0 Å². The maximum Gasteiger partial charge on any atom is 0.391 e. The Hall–Kier alpha value is -1.92. The van der Waals surface area contributed by atoms with Crippen molar-refractivity contribution in [1.82, 2.24) is 0 Å². The van der Waals surface area contributed by atoms with Crippen molar-refractivity contribution in [2.24, 2.45) is 5.92 Å². The monoisotopic (exact) mass is 302 g/mol. The topological polar surface area (TPSA) is 55.6 Å². The number of hydrogen-bond donors (Lipinski definition) is 1. The molecule has 1 aromatic carbocycles. The van der Waals surface area contributed by atoms with E-state index in [2.05, 4.69) is 4.74 Å². The average Bonchev–Trinajstić information content (AvgIpc) is 2.46. The number of piperidine rings is 1. The number of nitrogens with zero attached hydrogens (tertiary/aromatic N) is 1. The van der Waals surface area contributed by atoms with E-state index in [1.807, 2.05) is 4.90 Å². The fourth-order valence-corrected chi connectivity index (χ4v) is 2.49. The zero-order valence-electron chi connectivity index (χ0n) is 11.6. The van der Waals surface area contributed by atoms with Crippen LogP contribution in [0.25, 0.3) is 0 Å². The molecule has 1 aliphatic rings. The maximum absolute atomic E-state index is 12.6. The minimum Gasteiger partial charge on any atom is -0.465 e. The van der Waals surface area contributed by atoms with E-state index in [4.69, 9.17) is 5.73 Å². The van der Waals surface area contributed by atoms with Crippen LogP contribution < -0.4 is 10.6 Å². The predicted octanol–water partition coefficient (Wildman–Crippen LogP) is 2.83. The number of ether oxygens (including phenoxy) is 1. The first kappa shape index (κ1) is 15.5. The second kappa shape index (κ2) is 5.83. The van der Waals surface area contributed by atoms with Crippen LogP contribution >= 0.6 is 0 Å². The number of halogens is 3. The third-order valence-corrected chi connectivity index (χ3v) is 3.77. The number of hydrogen-bond acceptors (Lipinski definition) is 4. The van der Waals surface area contributed by atoms with E-state index >= 15 is 0 Å². The normalized spacial score (nSPS) is 16.9. The average molecular weight is 302 g/mol. The molecule has 0 aromatic heterocycles. The second-order valence-corrected chi connectivity index (χ2v) is 5.07. The first-order chi connectivity index (χ1) is 9.82. The van der Waals surface area contributed by atoms with Gasteiger partial charge in [-0.15, -0.1) is 0 Å². The van der Waals surface area contributed by atoms with Gasteiger partial charge in [-0.3, -0.25) is 0 Å². The summed E-state index contributed by atoms with van der Waals surface area (Å²) in [6.45, 7) is 0.601. The lowest BCUT2D eigenvalue weighted by molar-refractivity contribution is -0.179. The molecule has 0 unspecified atom stereocenters. The number of alkyl halides is 3. The van der Waals surface area contributed by atoms with E-state index in [9.17, 15) is 18.0 Å². The molecular weight excluding hydrogens is 285 g/mol. The molecule has 4 nitrogen and oxygen atoms in total. The minimum atomic E-state index is -4.13. The summed E-state index contributed by atoms with van der Waals surface area (Å²) in [6.07, 6.45) is -4.02. The van der Waals surface area contributed by atoms with Gasteiger partial charge >= 0.3 is 12.1 Å². The molecule has 1 saturated heterocycles. The number of carbonyl (C=O) groups is 1. The van der Waals surface area contributed by atoms with Crippen LogP contribution in [0.4, 0.5) is 24.5 Å². The zero-order chi connectivity index (χ0) is 15.6. The van der Waals surface area contributed by atoms with Gasteiger partial charge < -0.3 is 15.4 Å². The zero-order valence-corrected chi connectivity index (χ0v) is 11.6. The van der Waals surface area contributed by atoms with Gasteiger partial charge in [0.15, 0.2) is 0 Å². The molecule has 1 aliphatic heterocycles. The SMILES string of the molecule is COC(=O)c1cc(N2CCC(C(F)(F)F)CC2)ccc1N. The minimum absolute atomic E-state index is 0.0570. The van der Waals surface area contributed by atoms with Crippen molar-refractivity contribution in [2.45, 2.75) is 19.0 Å². The van der Waals surface area contributed by atoms with Crippen LogP contribution in [0.1, 0.15) is 23.2 Å². The molecule has 7 heteroatoms. The molecule has 2 rings (SSSR count). The summed E-state index contributed by atoms with van der Waals surface area (Å²) in [5.41, 5.74) is 6.91. The first-order valence-electron chi connectivity index (χ1n) is 6.62. The van der Waals surface area contributed by atoms with Gasteiger partial charge in [0.25, 0.3) is 0 Å². The van der Waals surface area contributed by atoms with Gasteiger partial charge in [-0.2, -0.15) is 13.2 Å². The Balaban J connectivity index is 2.12. The number of nitrogens with two attached hydrogens (primary N) is 1. The number of esters is 1. The molecule has 21 heavy (non-hydrogen) atoms. The smallest absolute Gasteiger partial charge is 0.391 e. The molecule has 1 fully saturated rings. The van der Waals surface area contributed by atoms with Gasteiger partial charge in [0, 0.05) is 24.5 Å². The number of carbonyl (C=O) groups excluding carboxylic acids is 1. The molecule has 1 heterocycles. The number of nitrogen functional groups attached to an aromatic ring is 1. The summed E-state index contributed by atoms with van der Waals surface area (Å²) < 4.78 is 42.6. The van der Waals surface area contributed by atoms with Gasteiger partial charge in [-0.1, -0.05) is 0 Å². The fraction of sp³-hybridized carbons (Fsp3) is 0.500. The Kier molecular flexibility index (Phi) is 4.29. The first-order valence-corrected chi connectivity index (χ1v) is 6.62. The van der Waals surface area contributed by atoms with Gasteiger partial charge in [0.1, 0.15) is 0 Å². The highest BCUT2D eigenvalue weighted by Gasteiger charge is 2.41. The lowest BCUT2D eigenvalue weighted by Gasteiger charge is -2.34. The van der Waals surface area contributed by atoms with E-state index in [1.54, 1.807) is 18.2 Å². The van der Waals surface area contributed by atoms with Crippen LogP contribution in [-0.2, 0) is 4.74 Å². The van der Waals surface area contributed by atoms with E-state index in [0.29, 0.717) is 18.8 Å². The summed E-state index contributed by atoms with van der Waals surface area (Å²) in [6, 6.07) is 4.84. The molecule has 0 aliphatic carbocycles. The summed E-state index contributed by atoms with van der Waals surface area (Å²) in [4.78, 5) is 13.4. The van der Waals surface area contributed by atoms with E-state index in [-0.39, 0.29) is 24.1 Å². The van der Waals surface area contributed by atoms with Crippen LogP contribution in [0, 0.1) is 5.92 Å². The van der Waals surface area contributed by atoms with Crippen molar-refractivity contribution in [3.63, 3.8) is 0 Å². The Morgan fingerprint density at radius 3 is 2.48 bits per heavy atom. The Morgan fingerprint density at radius 2 is 1.95 bits per heavy atom. The van der Waals surface area contributed by atoms with E-state index in [1.165, 1.54) is 7.11 Å². The third-order valence-electron chi connectivity index (χ3n) is 3.77. The predicted molar refractivity (Wildman–Crippen MR) is 73.2 cm³/mol. The van der Waals surface area contributed by atoms with Crippen LogP contribution in [0.3, 0.4) is 0 Å². The Morgan fingerprint density at radius 1 is 1.33 bits per heavy atom. The van der Waals surface area contributed by atoms with E-state index in [0.717, 1.165) is 0 Å². The largest absolute Gasteiger partial charge is 0.465 e. The van der Waals surface area contributed by atoms with Gasteiger partial charge in [-0.05, 0) is 31.0 Å². The molecule has 0 spiro atoms. The molecule has 1 aromatic rings. The van der Waals surface area contributed by atoms with Crippen LogP contribution in [0.2, 0.25) is 0 Å². The van der Waals surface area contributed by atoms with Crippen molar-refractivity contribution in [3.05, 3.63) is 23.8 Å². The molecular formula is C14H17F3N2O2. The molecule has 0 amide bonds. The number of benzene rings is 1. The summed E-state index contributed by atoms with van der Waals surface area (Å²) in [7, 11) is 1.25. The summed E-state index contributed by atoms with van der Waals surface area (Å²) >= 11 is 0. The van der Waals surface area contributed by atoms with Crippen LogP contribution in [-0.4, -0.2) is 32.3 Å². The van der Waals surface area contributed by atoms with Crippen molar-refractivity contribution in [1.29, 1.82) is 0 Å². The van der Waals surface area contributed by atoms with Crippen molar-refractivity contribution < 1.29 is 22.7 Å². The molecule has 116 valence electrons. The Bertz CT molecular complexity index is 523. The maximum atomic E-state index is 12.6. The van der Waals surface area contributed by atoms with Crippen LogP contribution in [0.15, 0.2) is 18.2 Å². The lowest BCUT2D eigenvalue weighted by Crippen LogP contribution is -2.39. The molecule has 0 saturated carbocycles. The standard InChI is InChI=1S/C14H17F3N2O2/c1-21-13(20)11-8-10(2-3-12(11)18)19-6-4-9(5-7-19)14(15,16)17/h2-3,8-9H,4-7,18H2,1H3. The molecule has 0 bridgehead atoms. The van der Waals surface area contributed by atoms with Crippen molar-refractivity contribution >= 4 is 17.3 Å². The quantitative estimate of drug-likeness (QED) is 0.674. The number of methoxy groups -OCH3 is 1. The third kappa shape index (κ3) is 3.40. The number of rotatable bonds is 2. The van der Waals surface area contributed by atoms with Gasteiger partial charge in [-0.25, -0.2) is 4.79 Å². The van der Waals surface area contributed by atoms with E-state index < -0.39 is 18.1 Å². The molecule has 0 atom stereocenters. The summed E-state index contributed by atoms with van der Waals surface area (Å²) in [5, 5.41) is 0. The highest BCUT2D eigenvalue weighted by Crippen LogP contribution is 2.35. The highest BCUT2D eigenvalue weighted by atomic mass is 19.4. The highest BCUT2D eigenvalue weighted by molar-refractivity contribution is 5.96. The van der Waals surface area contributed by atoms with Crippen LogP contribution in [0.5, 0.6) is 0 Å². The Labute approximate surface area is 120 Å². The van der Waals surface area contributed by atoms with Gasteiger partial charge in [0.05, 0.1) is 18.6 Å². The number of anilines is 2. The van der Waals surface area contributed by atoms with Crippen molar-refractivity contribution in [2.75, 3.05) is 30.8 Å².